The van der Waals surface area contributed by atoms with E-state index in [2.05, 4.69) is 25.6 Å². The van der Waals surface area contributed by atoms with Gasteiger partial charge in [-0.15, -0.1) is 0 Å². The Balaban J connectivity index is 2.18. The van der Waals surface area contributed by atoms with Gasteiger partial charge in [0.15, 0.2) is 0 Å². The Morgan fingerprint density at radius 2 is 2.17 bits per heavy atom. The van der Waals surface area contributed by atoms with E-state index in [0.29, 0.717) is 6.54 Å². The van der Waals surface area contributed by atoms with Gasteiger partial charge in [-0.2, -0.15) is 0 Å². The fourth-order valence-electron chi connectivity index (χ4n) is 1.49. The number of nitrogens with zero attached hydrogens (tertiary/aromatic N) is 2. The summed E-state index contributed by atoms with van der Waals surface area (Å²) in [5.74, 6) is 0. The molecule has 18 heavy (non-hydrogen) atoms. The zero-order chi connectivity index (χ0) is 13.3. The molecule has 2 aromatic rings. The van der Waals surface area contributed by atoms with Gasteiger partial charge < -0.3 is 4.40 Å². The fraction of sp³-hybridized carbons (Fsp3) is 0.417. The molecule has 2 heterocycles. The first-order valence-electron chi connectivity index (χ1n) is 5.65. The number of aromatic nitrogens is 2. The minimum absolute atomic E-state index is 0.263. The van der Waals surface area contributed by atoms with E-state index in [1.165, 1.54) is 0 Å². The van der Waals surface area contributed by atoms with Gasteiger partial charge in [-0.1, -0.05) is 0 Å². The van der Waals surface area contributed by atoms with Crippen molar-refractivity contribution in [1.29, 1.82) is 0 Å². The maximum absolute atomic E-state index is 11.9. The van der Waals surface area contributed by atoms with Crippen LogP contribution < -0.4 is 4.72 Å². The normalized spacial score (nSPS) is 14.0. The average Bonchev–Trinajstić information content (AvgIpc) is 2.67. The molecule has 6 heteroatoms. The predicted octanol–water partition coefficient (Wildman–Crippen LogP) is 2.65. The van der Waals surface area contributed by atoms with E-state index in [-0.39, 0.29) is 4.75 Å². The van der Waals surface area contributed by atoms with Gasteiger partial charge in [-0.25, -0.2) is 13.9 Å². The Labute approximate surface area is 118 Å². The van der Waals surface area contributed by atoms with Crippen LogP contribution in [0.1, 0.15) is 26.5 Å². The lowest BCUT2D eigenvalue weighted by Gasteiger charge is -2.17. The highest BCUT2D eigenvalue weighted by atomic mass is 79.9. The number of rotatable bonds is 3. The molecule has 1 unspecified atom stereocenters. The monoisotopic (exact) mass is 329 g/mol. The Hall–Kier alpha value is -0.720. The molecule has 0 aromatic carbocycles. The van der Waals surface area contributed by atoms with Gasteiger partial charge >= 0.3 is 0 Å². The number of pyridine rings is 1. The molecule has 0 aliphatic rings. The van der Waals surface area contributed by atoms with Crippen LogP contribution in [-0.4, -0.2) is 18.3 Å². The fourth-order valence-corrected chi connectivity index (χ4v) is 2.54. The van der Waals surface area contributed by atoms with Crippen molar-refractivity contribution in [3.05, 3.63) is 34.7 Å². The van der Waals surface area contributed by atoms with Crippen LogP contribution in [-0.2, 0) is 17.5 Å². The maximum atomic E-state index is 11.9. The summed E-state index contributed by atoms with van der Waals surface area (Å²) >= 11 is 3.43. The third-order valence-corrected chi connectivity index (χ3v) is 4.47. The summed E-state index contributed by atoms with van der Waals surface area (Å²) < 4.78 is 17.7. The predicted molar refractivity (Wildman–Crippen MR) is 77.6 cm³/mol. The van der Waals surface area contributed by atoms with Crippen LogP contribution in [0.2, 0.25) is 0 Å². The number of nitrogens with one attached hydrogen (secondary N) is 1. The lowest BCUT2D eigenvalue weighted by Crippen LogP contribution is -2.33. The molecule has 0 amide bonds. The minimum atomic E-state index is -1.07. The second-order valence-corrected chi connectivity index (χ2v) is 7.99. The molecule has 1 N–H and O–H groups in total. The van der Waals surface area contributed by atoms with Crippen molar-refractivity contribution in [3.63, 3.8) is 0 Å². The largest absolute Gasteiger partial charge is 0.302 e. The van der Waals surface area contributed by atoms with Crippen molar-refractivity contribution in [3.8, 4) is 0 Å². The average molecular weight is 330 g/mol. The molecular weight excluding hydrogens is 314 g/mol. The van der Waals surface area contributed by atoms with Crippen LogP contribution in [0.15, 0.2) is 29.0 Å². The van der Waals surface area contributed by atoms with Gasteiger partial charge in [-0.05, 0) is 48.8 Å². The Bertz CT molecular complexity index is 589. The first kappa shape index (κ1) is 13.7. The zero-order valence-electron chi connectivity index (χ0n) is 10.6. The third-order valence-electron chi connectivity index (χ3n) is 2.49. The summed E-state index contributed by atoms with van der Waals surface area (Å²) in [6, 6.07) is 3.89. The number of hydrogen-bond donors (Lipinski definition) is 1. The van der Waals surface area contributed by atoms with E-state index < -0.39 is 11.0 Å². The molecule has 2 aromatic heterocycles. The van der Waals surface area contributed by atoms with Gasteiger partial charge in [0.05, 0.1) is 34.2 Å². The smallest absolute Gasteiger partial charge is 0.136 e. The minimum Gasteiger partial charge on any atom is -0.302 e. The zero-order valence-corrected chi connectivity index (χ0v) is 13.0. The molecular formula is C12H16BrN3OS. The topological polar surface area (TPSA) is 46.4 Å². The van der Waals surface area contributed by atoms with Gasteiger partial charge in [0.1, 0.15) is 5.65 Å². The SMILES string of the molecule is CC(C)(C)S(=O)NCc1cnc2ccc(Br)cn12. The van der Waals surface area contributed by atoms with Crippen molar-refractivity contribution >= 4 is 32.6 Å². The Morgan fingerprint density at radius 3 is 2.83 bits per heavy atom. The van der Waals surface area contributed by atoms with E-state index >= 15 is 0 Å². The van der Waals surface area contributed by atoms with Gasteiger partial charge in [0.2, 0.25) is 0 Å². The summed E-state index contributed by atoms with van der Waals surface area (Å²) in [6.45, 7) is 6.37. The van der Waals surface area contributed by atoms with E-state index in [0.717, 1.165) is 15.8 Å². The highest BCUT2D eigenvalue weighted by Crippen LogP contribution is 2.14. The van der Waals surface area contributed by atoms with Crippen molar-refractivity contribution in [2.75, 3.05) is 0 Å². The lowest BCUT2D eigenvalue weighted by molar-refractivity contribution is 0.633. The summed E-state index contributed by atoms with van der Waals surface area (Å²) in [6.07, 6.45) is 3.76. The van der Waals surface area contributed by atoms with Gasteiger partial charge in [-0.3, -0.25) is 0 Å². The molecule has 0 fully saturated rings. The number of imidazole rings is 1. The van der Waals surface area contributed by atoms with Gasteiger partial charge in [0, 0.05) is 10.7 Å². The first-order chi connectivity index (χ1) is 8.38. The first-order valence-corrected chi connectivity index (χ1v) is 7.59. The second kappa shape index (κ2) is 5.11. The molecule has 2 rings (SSSR count). The summed E-state index contributed by atoms with van der Waals surface area (Å²) in [7, 11) is -1.07. The van der Waals surface area contributed by atoms with E-state index in [9.17, 15) is 4.21 Å². The quantitative estimate of drug-likeness (QED) is 0.940. The lowest BCUT2D eigenvalue weighted by atomic mass is 10.3. The molecule has 0 spiro atoms. The Morgan fingerprint density at radius 1 is 1.44 bits per heavy atom. The van der Waals surface area contributed by atoms with Crippen molar-refractivity contribution in [2.24, 2.45) is 0 Å². The standard InChI is InChI=1S/C12H16BrN3OS/c1-12(2,3)18(17)15-7-10-6-14-11-5-4-9(13)8-16(10)11/h4-6,8,15H,7H2,1-3H3. The van der Waals surface area contributed by atoms with Crippen molar-refractivity contribution in [2.45, 2.75) is 32.1 Å². The summed E-state index contributed by atoms with van der Waals surface area (Å²) in [5, 5.41) is 0. The summed E-state index contributed by atoms with van der Waals surface area (Å²) in [4.78, 5) is 4.30. The van der Waals surface area contributed by atoms with Crippen molar-refractivity contribution in [1.82, 2.24) is 14.1 Å². The van der Waals surface area contributed by atoms with Crippen LogP contribution in [0.25, 0.3) is 5.65 Å². The molecule has 0 saturated heterocycles. The number of fused-ring (bicyclic) bond motifs is 1. The molecule has 0 aliphatic carbocycles. The van der Waals surface area contributed by atoms with Crippen LogP contribution >= 0.6 is 15.9 Å². The molecule has 0 saturated carbocycles. The molecule has 0 aliphatic heterocycles. The second-order valence-electron chi connectivity index (χ2n) is 5.03. The van der Waals surface area contributed by atoms with E-state index in [1.54, 1.807) is 6.20 Å². The molecule has 0 radical (unpaired) electrons. The molecule has 4 nitrogen and oxygen atoms in total. The van der Waals surface area contributed by atoms with Gasteiger partial charge in [0.25, 0.3) is 0 Å². The maximum Gasteiger partial charge on any atom is 0.136 e. The van der Waals surface area contributed by atoms with E-state index in [1.807, 2.05) is 43.5 Å². The number of halogens is 1. The third kappa shape index (κ3) is 2.99. The van der Waals surface area contributed by atoms with Crippen LogP contribution in [0.5, 0.6) is 0 Å². The van der Waals surface area contributed by atoms with E-state index in [4.69, 9.17) is 0 Å². The summed E-state index contributed by atoms with van der Waals surface area (Å²) in [5.41, 5.74) is 1.88. The highest BCUT2D eigenvalue weighted by Gasteiger charge is 2.19. The van der Waals surface area contributed by atoms with Crippen LogP contribution in [0.3, 0.4) is 0 Å². The van der Waals surface area contributed by atoms with Crippen LogP contribution in [0, 0.1) is 0 Å². The number of hydrogen-bond acceptors (Lipinski definition) is 2. The highest BCUT2D eigenvalue weighted by molar-refractivity contribution is 9.10. The van der Waals surface area contributed by atoms with Crippen molar-refractivity contribution < 1.29 is 4.21 Å². The van der Waals surface area contributed by atoms with Crippen LogP contribution in [0.4, 0.5) is 0 Å². The molecule has 1 atom stereocenters. The molecule has 98 valence electrons. The molecule has 0 bridgehead atoms. The Kier molecular flexibility index (Phi) is 3.89.